The van der Waals surface area contributed by atoms with Gasteiger partial charge in [0.25, 0.3) is 0 Å². The Kier molecular flexibility index (Phi) is 11.2. The minimum absolute atomic E-state index is 0. The van der Waals surface area contributed by atoms with E-state index < -0.39 is 0 Å². The lowest BCUT2D eigenvalue weighted by Crippen LogP contribution is -2.46. The summed E-state index contributed by atoms with van der Waals surface area (Å²) in [7, 11) is 0. The number of morpholine rings is 1. The fourth-order valence-electron chi connectivity index (χ4n) is 4.03. The van der Waals surface area contributed by atoms with E-state index in [2.05, 4.69) is 52.4 Å². The molecule has 1 N–H and O–H groups in total. The van der Waals surface area contributed by atoms with Crippen molar-refractivity contribution in [3.63, 3.8) is 0 Å². The summed E-state index contributed by atoms with van der Waals surface area (Å²) >= 11 is 0. The first-order chi connectivity index (χ1) is 13.3. The van der Waals surface area contributed by atoms with Gasteiger partial charge in [-0.1, -0.05) is 30.3 Å². The fraction of sp³-hybridized carbons (Fsp3) is 0.682. The number of rotatable bonds is 7. The van der Waals surface area contributed by atoms with Gasteiger partial charge in [-0.2, -0.15) is 0 Å². The number of halogens is 1. The van der Waals surface area contributed by atoms with Gasteiger partial charge in [0.05, 0.1) is 13.2 Å². The van der Waals surface area contributed by atoms with Gasteiger partial charge < -0.3 is 15.0 Å². The predicted molar refractivity (Wildman–Crippen MR) is 128 cm³/mol. The van der Waals surface area contributed by atoms with E-state index in [9.17, 15) is 0 Å². The molecule has 0 unspecified atom stereocenters. The first-order valence-corrected chi connectivity index (χ1v) is 10.7. The number of piperidine rings is 1. The Bertz CT molecular complexity index is 555. The van der Waals surface area contributed by atoms with Crippen LogP contribution in [0.3, 0.4) is 0 Å². The third-order valence-corrected chi connectivity index (χ3v) is 5.61. The van der Waals surface area contributed by atoms with Gasteiger partial charge in [0.15, 0.2) is 5.96 Å². The number of guanidine groups is 1. The minimum atomic E-state index is 0. The fourth-order valence-corrected chi connectivity index (χ4v) is 4.03. The van der Waals surface area contributed by atoms with E-state index in [0.29, 0.717) is 0 Å². The highest BCUT2D eigenvalue weighted by Gasteiger charge is 2.21. The van der Waals surface area contributed by atoms with E-state index >= 15 is 0 Å². The Hall–Kier alpha value is -0.860. The topological polar surface area (TPSA) is 40.1 Å². The monoisotopic (exact) mass is 500 g/mol. The van der Waals surface area contributed by atoms with E-state index in [0.717, 1.165) is 77.3 Å². The average Bonchev–Trinajstić information content (AvgIpc) is 2.72. The third-order valence-electron chi connectivity index (χ3n) is 5.61. The second-order valence-electron chi connectivity index (χ2n) is 7.66. The second-order valence-corrected chi connectivity index (χ2v) is 7.66. The molecule has 2 saturated heterocycles. The Morgan fingerprint density at radius 3 is 2.50 bits per heavy atom. The molecule has 28 heavy (non-hydrogen) atoms. The molecule has 0 bridgehead atoms. The van der Waals surface area contributed by atoms with Crippen LogP contribution in [0.15, 0.2) is 35.3 Å². The zero-order chi connectivity index (χ0) is 18.7. The van der Waals surface area contributed by atoms with Crippen LogP contribution in [-0.4, -0.2) is 74.8 Å². The third kappa shape index (κ3) is 7.87. The molecule has 0 spiro atoms. The molecule has 158 valence electrons. The zero-order valence-electron chi connectivity index (χ0n) is 17.3. The molecule has 1 aromatic carbocycles. The maximum atomic E-state index is 5.42. The van der Waals surface area contributed by atoms with Crippen LogP contribution in [0.2, 0.25) is 0 Å². The van der Waals surface area contributed by atoms with E-state index in [-0.39, 0.29) is 24.0 Å². The number of hydrogen-bond donors (Lipinski definition) is 1. The maximum Gasteiger partial charge on any atom is 0.193 e. The van der Waals surface area contributed by atoms with Crippen LogP contribution in [0.1, 0.15) is 31.7 Å². The van der Waals surface area contributed by atoms with Crippen molar-refractivity contribution in [2.45, 2.75) is 32.6 Å². The summed E-state index contributed by atoms with van der Waals surface area (Å²) in [6.45, 7) is 11.3. The molecule has 0 amide bonds. The van der Waals surface area contributed by atoms with Crippen molar-refractivity contribution in [3.8, 4) is 0 Å². The smallest absolute Gasteiger partial charge is 0.193 e. The lowest BCUT2D eigenvalue weighted by Gasteiger charge is -2.34. The molecule has 2 aliphatic rings. The number of aliphatic imine (C=N–C) groups is 1. The number of ether oxygens (including phenoxy) is 1. The number of nitrogens with one attached hydrogen (secondary N) is 1. The molecule has 2 heterocycles. The molecule has 0 saturated carbocycles. The number of hydrogen-bond acceptors (Lipinski definition) is 3. The van der Waals surface area contributed by atoms with Gasteiger partial charge in [-0.05, 0) is 44.1 Å². The molecule has 3 rings (SSSR count). The summed E-state index contributed by atoms with van der Waals surface area (Å²) in [5.41, 5.74) is 1.47. The molecular weight excluding hydrogens is 463 g/mol. The van der Waals surface area contributed by atoms with Crippen LogP contribution in [0, 0.1) is 5.92 Å². The van der Waals surface area contributed by atoms with Crippen LogP contribution >= 0.6 is 24.0 Å². The summed E-state index contributed by atoms with van der Waals surface area (Å²) in [4.78, 5) is 9.85. The van der Waals surface area contributed by atoms with Crippen molar-refractivity contribution in [3.05, 3.63) is 35.9 Å². The number of nitrogens with zero attached hydrogens (tertiary/aromatic N) is 3. The van der Waals surface area contributed by atoms with Crippen LogP contribution in [-0.2, 0) is 11.2 Å². The molecule has 0 radical (unpaired) electrons. The molecule has 2 aliphatic heterocycles. The SMILES string of the molecule is CCNC(=NCCCN1CCOCC1)N1CCC(Cc2ccccc2)CC1.I. The van der Waals surface area contributed by atoms with Gasteiger partial charge in [0, 0.05) is 45.8 Å². The normalized spacial score (nSPS) is 19.3. The van der Waals surface area contributed by atoms with Gasteiger partial charge >= 0.3 is 0 Å². The summed E-state index contributed by atoms with van der Waals surface area (Å²) in [6, 6.07) is 10.9. The van der Waals surface area contributed by atoms with Crippen molar-refractivity contribution in [2.75, 3.05) is 59.0 Å². The second kappa shape index (κ2) is 13.4. The lowest BCUT2D eigenvalue weighted by atomic mass is 9.90. The van der Waals surface area contributed by atoms with Crippen molar-refractivity contribution >= 4 is 29.9 Å². The Balaban J connectivity index is 0.00000280. The standard InChI is InChI=1S/C22H36N4O.HI/c1-2-23-22(24-11-6-12-25-15-17-27-18-16-25)26-13-9-21(10-14-26)19-20-7-4-3-5-8-20;/h3-5,7-8,21H,2,6,9-19H2,1H3,(H,23,24);1H. The van der Waals surface area contributed by atoms with Crippen LogP contribution in [0.5, 0.6) is 0 Å². The zero-order valence-corrected chi connectivity index (χ0v) is 19.6. The largest absolute Gasteiger partial charge is 0.379 e. The summed E-state index contributed by atoms with van der Waals surface area (Å²) in [5.74, 6) is 1.91. The highest BCUT2D eigenvalue weighted by atomic mass is 127. The Labute approximate surface area is 187 Å². The summed E-state index contributed by atoms with van der Waals surface area (Å²) in [6.07, 6.45) is 4.85. The van der Waals surface area contributed by atoms with Crippen LogP contribution in [0.4, 0.5) is 0 Å². The molecule has 6 heteroatoms. The first kappa shape index (κ1) is 23.4. The van der Waals surface area contributed by atoms with E-state index in [1.165, 1.54) is 24.8 Å². The van der Waals surface area contributed by atoms with Crippen LogP contribution < -0.4 is 5.32 Å². The van der Waals surface area contributed by atoms with Gasteiger partial charge in [0.1, 0.15) is 0 Å². The molecular formula is C22H37IN4O. The van der Waals surface area contributed by atoms with Gasteiger partial charge in [-0.3, -0.25) is 9.89 Å². The average molecular weight is 500 g/mol. The summed E-state index contributed by atoms with van der Waals surface area (Å²) in [5, 5.41) is 3.50. The number of benzene rings is 1. The quantitative estimate of drug-likeness (QED) is 0.270. The van der Waals surface area contributed by atoms with Gasteiger partial charge in [-0.25, -0.2) is 0 Å². The van der Waals surface area contributed by atoms with Gasteiger partial charge in [0.2, 0.25) is 0 Å². The molecule has 0 aromatic heterocycles. The van der Waals surface area contributed by atoms with Crippen molar-refractivity contribution in [1.82, 2.24) is 15.1 Å². The Morgan fingerprint density at radius 2 is 1.82 bits per heavy atom. The predicted octanol–water partition coefficient (Wildman–Crippen LogP) is 3.25. The molecule has 5 nitrogen and oxygen atoms in total. The molecule has 0 aliphatic carbocycles. The van der Waals surface area contributed by atoms with Gasteiger partial charge in [-0.15, -0.1) is 24.0 Å². The maximum absolute atomic E-state index is 5.42. The highest BCUT2D eigenvalue weighted by molar-refractivity contribution is 14.0. The Morgan fingerprint density at radius 1 is 1.11 bits per heavy atom. The van der Waals surface area contributed by atoms with E-state index in [1.54, 1.807) is 0 Å². The minimum Gasteiger partial charge on any atom is -0.379 e. The molecule has 0 atom stereocenters. The summed E-state index contributed by atoms with van der Waals surface area (Å²) < 4.78 is 5.42. The van der Waals surface area contributed by atoms with E-state index in [4.69, 9.17) is 9.73 Å². The first-order valence-electron chi connectivity index (χ1n) is 10.7. The number of likely N-dealkylation sites (tertiary alicyclic amines) is 1. The molecule has 1 aromatic rings. The highest BCUT2D eigenvalue weighted by Crippen LogP contribution is 2.21. The van der Waals surface area contributed by atoms with E-state index in [1.807, 2.05) is 0 Å². The van der Waals surface area contributed by atoms with Crippen molar-refractivity contribution < 1.29 is 4.74 Å². The van der Waals surface area contributed by atoms with Crippen molar-refractivity contribution in [1.29, 1.82) is 0 Å². The molecule has 2 fully saturated rings. The lowest BCUT2D eigenvalue weighted by molar-refractivity contribution is 0.0377. The van der Waals surface area contributed by atoms with Crippen LogP contribution in [0.25, 0.3) is 0 Å². The van der Waals surface area contributed by atoms with Crippen molar-refractivity contribution in [2.24, 2.45) is 10.9 Å².